The van der Waals surface area contributed by atoms with E-state index in [1.165, 1.54) is 11.4 Å². The van der Waals surface area contributed by atoms with Crippen molar-refractivity contribution in [3.8, 4) is 0 Å². The topological polar surface area (TPSA) is 55.5 Å². The normalized spacial score (nSPS) is 25.8. The van der Waals surface area contributed by atoms with Crippen LogP contribution in [0.1, 0.15) is 13.8 Å². The van der Waals surface area contributed by atoms with E-state index in [1.54, 1.807) is 33.5 Å². The van der Waals surface area contributed by atoms with Crippen molar-refractivity contribution >= 4 is 21.6 Å². The molecule has 0 bridgehead atoms. The summed E-state index contributed by atoms with van der Waals surface area (Å²) in [7, 11) is -3.52. The predicted molar refractivity (Wildman–Crippen MR) is 106 cm³/mol. The summed E-state index contributed by atoms with van der Waals surface area (Å²) in [5.41, 5.74) is 0. The van der Waals surface area contributed by atoms with Gasteiger partial charge in [-0.1, -0.05) is 37.6 Å². The van der Waals surface area contributed by atoms with E-state index in [9.17, 15) is 8.42 Å². The Labute approximate surface area is 168 Å². The van der Waals surface area contributed by atoms with Crippen LogP contribution in [0, 0.1) is 5.92 Å². The molecule has 2 atom stereocenters. The molecule has 6 nitrogen and oxygen atoms in total. The maximum Gasteiger partial charge on any atom is 0.244 e. The number of nitrogens with zero attached hydrogens (tertiary/aromatic N) is 1. The fourth-order valence-corrected chi connectivity index (χ4v) is 6.04. The van der Waals surface area contributed by atoms with Gasteiger partial charge in [0.25, 0.3) is 0 Å². The first kappa shape index (κ1) is 21.0. The number of morpholine rings is 1. The Morgan fingerprint density at radius 1 is 1.19 bits per heavy atom. The van der Waals surface area contributed by atoms with Crippen LogP contribution in [0.2, 0.25) is 5.02 Å². The molecule has 0 aromatic heterocycles. The lowest BCUT2D eigenvalue weighted by Gasteiger charge is -2.36. The van der Waals surface area contributed by atoms with Gasteiger partial charge in [0.2, 0.25) is 10.0 Å². The molecule has 1 unspecified atom stereocenters. The molecule has 0 amide bonds. The molecule has 0 spiro atoms. The average Bonchev–Trinajstić information content (AvgIpc) is 2.62. The van der Waals surface area contributed by atoms with Gasteiger partial charge < -0.3 is 14.5 Å². The molecule has 0 radical (unpaired) electrons. The van der Waals surface area contributed by atoms with Crippen molar-refractivity contribution in [3.63, 3.8) is 0 Å². The zero-order valence-corrected chi connectivity index (χ0v) is 17.9. The highest BCUT2D eigenvalue weighted by molar-refractivity contribution is 7.89. The SMILES string of the molecule is CC(C)C[NH+]1CCO[C@H](C[NH+]2CCN(S(=O)(=O)c3ccccc3Cl)CC2)C1. The molecule has 27 heavy (non-hydrogen) atoms. The van der Waals surface area contributed by atoms with Crippen LogP contribution in [-0.2, 0) is 14.8 Å². The van der Waals surface area contributed by atoms with Gasteiger partial charge in [0.05, 0.1) is 44.4 Å². The molecule has 2 saturated heterocycles. The molecule has 2 aliphatic heterocycles. The quantitative estimate of drug-likeness (QED) is 0.635. The van der Waals surface area contributed by atoms with E-state index in [-0.39, 0.29) is 16.0 Å². The van der Waals surface area contributed by atoms with Crippen LogP contribution in [0.15, 0.2) is 29.2 Å². The summed E-state index contributed by atoms with van der Waals surface area (Å²) in [4.78, 5) is 3.26. The largest absolute Gasteiger partial charge is 0.361 e. The van der Waals surface area contributed by atoms with Gasteiger partial charge in [-0.15, -0.1) is 0 Å². The molecule has 2 heterocycles. The second-order valence-electron chi connectivity index (χ2n) is 8.08. The molecular weight excluding hydrogens is 386 g/mol. The van der Waals surface area contributed by atoms with Gasteiger partial charge in [-0.2, -0.15) is 4.31 Å². The molecular formula is C19H32ClN3O3S+2. The minimum atomic E-state index is -3.52. The first-order valence-electron chi connectivity index (χ1n) is 9.89. The number of rotatable bonds is 6. The van der Waals surface area contributed by atoms with E-state index >= 15 is 0 Å². The number of halogens is 1. The third-order valence-corrected chi connectivity index (χ3v) is 7.82. The maximum atomic E-state index is 12.9. The summed E-state index contributed by atoms with van der Waals surface area (Å²) in [6.07, 6.45) is 0.272. The number of hydrogen-bond acceptors (Lipinski definition) is 3. The molecule has 2 N–H and O–H groups in total. The summed E-state index contributed by atoms with van der Waals surface area (Å²) in [5.74, 6) is 0.699. The molecule has 1 aromatic carbocycles. The number of nitrogens with one attached hydrogen (secondary N) is 2. The van der Waals surface area contributed by atoms with Gasteiger partial charge >= 0.3 is 0 Å². The Balaban J connectivity index is 1.52. The van der Waals surface area contributed by atoms with E-state index in [4.69, 9.17) is 16.3 Å². The smallest absolute Gasteiger partial charge is 0.244 e. The van der Waals surface area contributed by atoms with E-state index in [2.05, 4.69) is 13.8 Å². The van der Waals surface area contributed by atoms with Gasteiger partial charge in [0.15, 0.2) is 6.10 Å². The predicted octanol–water partition coefficient (Wildman–Crippen LogP) is -0.831. The minimum absolute atomic E-state index is 0.207. The lowest BCUT2D eigenvalue weighted by molar-refractivity contribution is -0.935. The van der Waals surface area contributed by atoms with Crippen LogP contribution in [0.4, 0.5) is 0 Å². The van der Waals surface area contributed by atoms with E-state index < -0.39 is 10.0 Å². The summed E-state index contributed by atoms with van der Waals surface area (Å²) in [6.45, 7) is 12.3. The Bertz CT molecular complexity index is 721. The van der Waals surface area contributed by atoms with Crippen LogP contribution in [-0.4, -0.2) is 77.8 Å². The summed E-state index contributed by atoms with van der Waals surface area (Å²) in [6, 6.07) is 6.67. The standard InChI is InChI=1S/C19H30ClN3O3S/c1-16(2)13-22-11-12-26-17(15-22)14-21-7-9-23(10-8-21)27(24,25)19-6-4-3-5-18(19)20/h3-6,16-17H,7-15H2,1-2H3/p+2/t17-/m1/s1. The summed E-state index contributed by atoms with van der Waals surface area (Å²) < 4.78 is 33.3. The number of quaternary nitrogens is 2. The zero-order chi connectivity index (χ0) is 19.4. The number of benzene rings is 1. The molecule has 2 aliphatic rings. The minimum Gasteiger partial charge on any atom is -0.361 e. The van der Waals surface area contributed by atoms with Crippen molar-refractivity contribution in [2.45, 2.75) is 24.8 Å². The lowest BCUT2D eigenvalue weighted by Crippen LogP contribution is -3.19. The Hall–Kier alpha value is -0.700. The Morgan fingerprint density at radius 3 is 2.56 bits per heavy atom. The van der Waals surface area contributed by atoms with Crippen molar-refractivity contribution in [2.24, 2.45) is 5.92 Å². The average molecular weight is 418 g/mol. The number of sulfonamides is 1. The second-order valence-corrected chi connectivity index (χ2v) is 10.4. The first-order chi connectivity index (χ1) is 12.9. The molecule has 8 heteroatoms. The van der Waals surface area contributed by atoms with Gasteiger partial charge in [-0.05, 0) is 12.1 Å². The molecule has 3 rings (SSSR count). The van der Waals surface area contributed by atoms with Gasteiger partial charge in [0.1, 0.15) is 24.5 Å². The monoisotopic (exact) mass is 417 g/mol. The molecule has 1 aromatic rings. The fraction of sp³-hybridized carbons (Fsp3) is 0.684. The molecule has 0 saturated carbocycles. The van der Waals surface area contributed by atoms with Gasteiger partial charge in [0, 0.05) is 5.92 Å². The maximum absolute atomic E-state index is 12.9. The van der Waals surface area contributed by atoms with Crippen molar-refractivity contribution in [2.75, 3.05) is 59.0 Å². The Kier molecular flexibility index (Phi) is 7.16. The summed E-state index contributed by atoms with van der Waals surface area (Å²) >= 11 is 6.11. The van der Waals surface area contributed by atoms with Gasteiger partial charge in [-0.25, -0.2) is 8.42 Å². The van der Waals surface area contributed by atoms with Crippen molar-refractivity contribution < 1.29 is 23.0 Å². The highest BCUT2D eigenvalue weighted by Gasteiger charge is 2.34. The highest BCUT2D eigenvalue weighted by atomic mass is 35.5. The zero-order valence-electron chi connectivity index (χ0n) is 16.3. The second kappa shape index (κ2) is 9.20. The number of hydrogen-bond donors (Lipinski definition) is 2. The van der Waals surface area contributed by atoms with Crippen LogP contribution in [0.3, 0.4) is 0 Å². The van der Waals surface area contributed by atoms with Crippen molar-refractivity contribution in [1.29, 1.82) is 0 Å². The van der Waals surface area contributed by atoms with Crippen LogP contribution >= 0.6 is 11.6 Å². The van der Waals surface area contributed by atoms with E-state index in [1.807, 2.05) is 0 Å². The first-order valence-corrected chi connectivity index (χ1v) is 11.7. The fourth-order valence-electron chi connectivity index (χ4n) is 4.11. The third-order valence-electron chi connectivity index (χ3n) is 5.42. The van der Waals surface area contributed by atoms with Gasteiger partial charge in [-0.3, -0.25) is 0 Å². The lowest BCUT2D eigenvalue weighted by atomic mass is 10.1. The molecule has 152 valence electrons. The Morgan fingerprint density at radius 2 is 1.89 bits per heavy atom. The van der Waals surface area contributed by atoms with Crippen molar-refractivity contribution in [3.05, 3.63) is 29.3 Å². The van der Waals surface area contributed by atoms with Crippen LogP contribution in [0.25, 0.3) is 0 Å². The van der Waals surface area contributed by atoms with E-state index in [0.717, 1.165) is 39.3 Å². The highest BCUT2D eigenvalue weighted by Crippen LogP contribution is 2.24. The molecule has 2 fully saturated rings. The van der Waals surface area contributed by atoms with Crippen LogP contribution < -0.4 is 9.80 Å². The van der Waals surface area contributed by atoms with Crippen molar-refractivity contribution in [1.82, 2.24) is 4.31 Å². The third kappa shape index (κ3) is 5.43. The number of ether oxygens (including phenoxy) is 1. The van der Waals surface area contributed by atoms with E-state index in [0.29, 0.717) is 19.0 Å². The number of piperazine rings is 1. The molecule has 0 aliphatic carbocycles. The summed E-state index contributed by atoms with van der Waals surface area (Å²) in [5, 5.41) is 0.288. The van der Waals surface area contributed by atoms with Crippen LogP contribution in [0.5, 0.6) is 0 Å².